The summed E-state index contributed by atoms with van der Waals surface area (Å²) in [7, 11) is -4.24. The lowest BCUT2D eigenvalue weighted by Gasteiger charge is -2.20. The second-order valence-corrected chi connectivity index (χ2v) is 12.0. The number of halogens is 1. The number of hydrogen-bond acceptors (Lipinski definition) is 7. The standard InChI is InChI=1S/C27H32FN3O5S/c1-17(2)15-35-21-13-19(12-20(28)14-21)23-11-10-22(26(30-23)36-16-27(4,5)6)25(32)31-37(33,34)24-9-7-8-18(3)29-24/h7-14,17H,15-16H2,1-6H3,(H,31,32). The number of nitrogens with one attached hydrogen (secondary N) is 1. The maximum atomic E-state index is 14.3. The third kappa shape index (κ3) is 7.98. The fourth-order valence-electron chi connectivity index (χ4n) is 3.12. The molecule has 10 heteroatoms. The van der Waals surface area contributed by atoms with E-state index in [2.05, 4.69) is 9.97 Å². The normalized spacial score (nSPS) is 11.9. The number of hydrogen-bond donors (Lipinski definition) is 1. The Kier molecular flexibility index (Phi) is 8.53. The zero-order valence-corrected chi connectivity index (χ0v) is 22.6. The quantitative estimate of drug-likeness (QED) is 0.407. The van der Waals surface area contributed by atoms with Crippen LogP contribution in [0.4, 0.5) is 4.39 Å². The Hall–Kier alpha value is -3.53. The molecule has 0 saturated carbocycles. The van der Waals surface area contributed by atoms with Crippen molar-refractivity contribution in [2.24, 2.45) is 11.3 Å². The number of carbonyl (C=O) groups excluding carboxylic acids is 1. The van der Waals surface area contributed by atoms with Crippen molar-refractivity contribution in [3.05, 3.63) is 65.6 Å². The molecule has 1 N–H and O–H groups in total. The van der Waals surface area contributed by atoms with Crippen molar-refractivity contribution < 1.29 is 27.1 Å². The van der Waals surface area contributed by atoms with Crippen LogP contribution in [0.25, 0.3) is 11.3 Å². The molecule has 37 heavy (non-hydrogen) atoms. The lowest BCUT2D eigenvalue weighted by atomic mass is 9.99. The van der Waals surface area contributed by atoms with Crippen molar-refractivity contribution in [3.63, 3.8) is 0 Å². The Morgan fingerprint density at radius 3 is 2.43 bits per heavy atom. The van der Waals surface area contributed by atoms with Gasteiger partial charge in [0.05, 0.1) is 18.9 Å². The smallest absolute Gasteiger partial charge is 0.281 e. The molecule has 0 aliphatic rings. The Morgan fingerprint density at radius 1 is 1.05 bits per heavy atom. The van der Waals surface area contributed by atoms with E-state index in [0.717, 1.165) is 0 Å². The van der Waals surface area contributed by atoms with E-state index in [1.165, 1.54) is 36.4 Å². The first-order valence-electron chi connectivity index (χ1n) is 11.8. The van der Waals surface area contributed by atoms with E-state index < -0.39 is 21.7 Å². The number of amides is 1. The maximum absolute atomic E-state index is 14.3. The van der Waals surface area contributed by atoms with Crippen LogP contribution in [0.3, 0.4) is 0 Å². The minimum atomic E-state index is -4.24. The molecule has 0 atom stereocenters. The Bertz CT molecular complexity index is 1390. The van der Waals surface area contributed by atoms with Crippen LogP contribution in [0.15, 0.2) is 53.6 Å². The van der Waals surface area contributed by atoms with Gasteiger partial charge in [0, 0.05) is 17.3 Å². The first kappa shape index (κ1) is 28.0. The molecule has 8 nitrogen and oxygen atoms in total. The van der Waals surface area contributed by atoms with E-state index in [1.54, 1.807) is 19.1 Å². The molecule has 3 rings (SSSR count). The Balaban J connectivity index is 1.98. The molecule has 0 unspecified atom stereocenters. The fraction of sp³-hybridized carbons (Fsp3) is 0.370. The molecule has 0 spiro atoms. The third-order valence-corrected chi connectivity index (χ3v) is 6.09. The van der Waals surface area contributed by atoms with Gasteiger partial charge < -0.3 is 9.47 Å². The number of ether oxygens (including phenoxy) is 2. The van der Waals surface area contributed by atoms with Crippen molar-refractivity contribution in [1.29, 1.82) is 0 Å². The zero-order valence-electron chi connectivity index (χ0n) is 21.8. The van der Waals surface area contributed by atoms with Gasteiger partial charge in [-0.25, -0.2) is 19.1 Å². The Labute approximate surface area is 217 Å². The van der Waals surface area contributed by atoms with Crippen molar-refractivity contribution in [2.75, 3.05) is 13.2 Å². The van der Waals surface area contributed by atoms with Gasteiger partial charge in [0.15, 0.2) is 5.03 Å². The second-order valence-electron chi connectivity index (χ2n) is 10.3. The van der Waals surface area contributed by atoms with Crippen LogP contribution in [0.5, 0.6) is 11.6 Å². The van der Waals surface area contributed by atoms with Crippen molar-refractivity contribution in [1.82, 2.24) is 14.7 Å². The summed E-state index contributed by atoms with van der Waals surface area (Å²) in [6, 6.07) is 11.6. The largest absolute Gasteiger partial charge is 0.493 e. The molecule has 1 amide bonds. The molecule has 1 aromatic carbocycles. The van der Waals surface area contributed by atoms with Crippen LogP contribution in [-0.2, 0) is 10.0 Å². The monoisotopic (exact) mass is 529 g/mol. The van der Waals surface area contributed by atoms with Crippen LogP contribution in [0.2, 0.25) is 0 Å². The second kappa shape index (κ2) is 11.2. The first-order chi connectivity index (χ1) is 17.2. The molecular formula is C27H32FN3O5S. The number of carbonyl (C=O) groups is 1. The van der Waals surface area contributed by atoms with E-state index in [9.17, 15) is 17.6 Å². The van der Waals surface area contributed by atoms with E-state index >= 15 is 0 Å². The summed E-state index contributed by atoms with van der Waals surface area (Å²) in [6.07, 6.45) is 0. The van der Waals surface area contributed by atoms with E-state index in [4.69, 9.17) is 9.47 Å². The molecule has 198 valence electrons. The molecule has 0 aliphatic carbocycles. The number of rotatable bonds is 9. The SMILES string of the molecule is Cc1cccc(S(=O)(=O)NC(=O)c2ccc(-c3cc(F)cc(OCC(C)C)c3)nc2OCC(C)(C)C)n1. The van der Waals surface area contributed by atoms with E-state index in [1.807, 2.05) is 39.3 Å². The topological polar surface area (TPSA) is 107 Å². The molecular weight excluding hydrogens is 497 g/mol. The average molecular weight is 530 g/mol. The molecule has 3 aromatic rings. The maximum Gasteiger partial charge on any atom is 0.281 e. The van der Waals surface area contributed by atoms with Crippen molar-refractivity contribution in [2.45, 2.75) is 46.6 Å². The number of aromatic nitrogens is 2. The molecule has 0 saturated heterocycles. The molecule has 0 bridgehead atoms. The van der Waals surface area contributed by atoms with Gasteiger partial charge in [-0.1, -0.05) is 40.7 Å². The Morgan fingerprint density at radius 2 is 1.78 bits per heavy atom. The zero-order chi connectivity index (χ0) is 27.4. The van der Waals surface area contributed by atoms with Crippen LogP contribution in [0.1, 0.15) is 50.7 Å². The van der Waals surface area contributed by atoms with Crippen molar-refractivity contribution in [3.8, 4) is 22.9 Å². The molecule has 0 aliphatic heterocycles. The van der Waals surface area contributed by atoms with Crippen LogP contribution < -0.4 is 14.2 Å². The lowest BCUT2D eigenvalue weighted by Crippen LogP contribution is -2.32. The highest BCUT2D eigenvalue weighted by Crippen LogP contribution is 2.29. The highest BCUT2D eigenvalue weighted by Gasteiger charge is 2.25. The van der Waals surface area contributed by atoms with E-state index in [0.29, 0.717) is 29.3 Å². The highest BCUT2D eigenvalue weighted by atomic mass is 32.2. The summed E-state index contributed by atoms with van der Waals surface area (Å²) in [5.74, 6) is -0.904. The predicted octanol–water partition coefficient (Wildman–Crippen LogP) is 5.17. The predicted molar refractivity (Wildman–Crippen MR) is 139 cm³/mol. The average Bonchev–Trinajstić information content (AvgIpc) is 2.80. The van der Waals surface area contributed by atoms with Gasteiger partial charge in [-0.05, 0) is 54.7 Å². The molecule has 0 radical (unpaired) electrons. The van der Waals surface area contributed by atoms with Gasteiger partial charge in [-0.3, -0.25) is 4.79 Å². The number of aryl methyl sites for hydroxylation is 1. The minimum Gasteiger partial charge on any atom is -0.493 e. The number of benzene rings is 1. The number of pyridine rings is 2. The molecule has 2 heterocycles. The summed E-state index contributed by atoms with van der Waals surface area (Å²) < 4.78 is 53.4. The van der Waals surface area contributed by atoms with Gasteiger partial charge >= 0.3 is 0 Å². The summed E-state index contributed by atoms with van der Waals surface area (Å²) >= 11 is 0. The van der Waals surface area contributed by atoms with Gasteiger partial charge in [-0.15, -0.1) is 0 Å². The highest BCUT2D eigenvalue weighted by molar-refractivity contribution is 7.90. The summed E-state index contributed by atoms with van der Waals surface area (Å²) in [5.41, 5.74) is 0.874. The van der Waals surface area contributed by atoms with Crippen LogP contribution in [-0.4, -0.2) is 37.5 Å². The van der Waals surface area contributed by atoms with Gasteiger partial charge in [0.25, 0.3) is 15.9 Å². The summed E-state index contributed by atoms with van der Waals surface area (Å²) in [4.78, 5) is 21.5. The van der Waals surface area contributed by atoms with Crippen LogP contribution >= 0.6 is 0 Å². The minimum absolute atomic E-state index is 0.0776. The number of nitrogens with zero attached hydrogens (tertiary/aromatic N) is 2. The first-order valence-corrected chi connectivity index (χ1v) is 13.3. The van der Waals surface area contributed by atoms with Crippen molar-refractivity contribution >= 4 is 15.9 Å². The summed E-state index contributed by atoms with van der Waals surface area (Å²) in [5, 5.41) is -0.281. The molecule has 0 fully saturated rings. The summed E-state index contributed by atoms with van der Waals surface area (Å²) in [6.45, 7) is 12.1. The molecule has 2 aromatic heterocycles. The van der Waals surface area contributed by atoms with Gasteiger partial charge in [-0.2, -0.15) is 8.42 Å². The number of sulfonamides is 1. The third-order valence-electron chi connectivity index (χ3n) is 4.86. The van der Waals surface area contributed by atoms with Gasteiger partial charge in [0.1, 0.15) is 17.1 Å². The lowest BCUT2D eigenvalue weighted by molar-refractivity contribution is 0.0972. The van der Waals surface area contributed by atoms with Gasteiger partial charge in [0.2, 0.25) is 5.88 Å². The van der Waals surface area contributed by atoms with Crippen LogP contribution in [0, 0.1) is 24.1 Å². The fourth-order valence-corrected chi connectivity index (χ4v) is 4.10. The van der Waals surface area contributed by atoms with E-state index in [-0.39, 0.29) is 34.4 Å².